The molecule has 0 radical (unpaired) electrons. The fourth-order valence-corrected chi connectivity index (χ4v) is 3.04. The normalized spacial score (nSPS) is 10.8. The number of fused-ring (bicyclic) bond motifs is 1. The SMILES string of the molecule is O=C(Nc1ccc(F)cc1F)c1nn(Cc2ccccc2)c(=O)c2ccccc12. The molecule has 0 bridgehead atoms. The predicted molar refractivity (Wildman–Crippen MR) is 106 cm³/mol. The summed E-state index contributed by atoms with van der Waals surface area (Å²) in [6, 6.07) is 18.7. The molecule has 0 atom stereocenters. The van der Waals surface area contributed by atoms with Crippen LogP contribution < -0.4 is 10.9 Å². The zero-order valence-electron chi connectivity index (χ0n) is 15.1. The van der Waals surface area contributed by atoms with Crippen LogP contribution in [-0.4, -0.2) is 15.7 Å². The highest BCUT2D eigenvalue weighted by Crippen LogP contribution is 2.19. The lowest BCUT2D eigenvalue weighted by molar-refractivity contribution is 0.102. The summed E-state index contributed by atoms with van der Waals surface area (Å²) in [5.74, 6) is -2.35. The van der Waals surface area contributed by atoms with Gasteiger partial charge >= 0.3 is 0 Å². The van der Waals surface area contributed by atoms with Crippen molar-refractivity contribution in [2.45, 2.75) is 6.54 Å². The van der Waals surface area contributed by atoms with Crippen molar-refractivity contribution in [2.24, 2.45) is 0 Å². The van der Waals surface area contributed by atoms with Crippen LogP contribution >= 0.6 is 0 Å². The van der Waals surface area contributed by atoms with Crippen molar-refractivity contribution >= 4 is 22.4 Å². The molecule has 1 amide bonds. The van der Waals surface area contributed by atoms with Crippen molar-refractivity contribution in [3.05, 3.63) is 106 Å². The van der Waals surface area contributed by atoms with Crippen LogP contribution in [0, 0.1) is 11.6 Å². The van der Waals surface area contributed by atoms with E-state index >= 15 is 0 Å². The van der Waals surface area contributed by atoms with Gasteiger partial charge in [0.2, 0.25) is 0 Å². The van der Waals surface area contributed by atoms with Crippen LogP contribution in [0.1, 0.15) is 16.1 Å². The highest BCUT2D eigenvalue weighted by atomic mass is 19.1. The zero-order valence-corrected chi connectivity index (χ0v) is 15.1. The zero-order chi connectivity index (χ0) is 20.4. The molecule has 0 saturated carbocycles. The van der Waals surface area contributed by atoms with E-state index in [0.717, 1.165) is 17.7 Å². The van der Waals surface area contributed by atoms with Crippen LogP contribution in [-0.2, 0) is 6.54 Å². The first-order valence-electron chi connectivity index (χ1n) is 8.83. The molecule has 1 N–H and O–H groups in total. The molecule has 0 spiro atoms. The van der Waals surface area contributed by atoms with E-state index in [1.54, 1.807) is 24.3 Å². The number of benzene rings is 3. The largest absolute Gasteiger partial charge is 0.318 e. The average molecular weight is 391 g/mol. The van der Waals surface area contributed by atoms with Crippen LogP contribution in [0.4, 0.5) is 14.5 Å². The number of carbonyl (C=O) groups is 1. The Hall–Kier alpha value is -3.87. The summed E-state index contributed by atoms with van der Waals surface area (Å²) in [4.78, 5) is 25.7. The molecule has 4 aromatic rings. The van der Waals surface area contributed by atoms with Gasteiger partial charge in [-0.3, -0.25) is 9.59 Å². The third-order valence-electron chi connectivity index (χ3n) is 4.44. The molecule has 4 rings (SSSR count). The molecule has 7 heteroatoms. The third-order valence-corrected chi connectivity index (χ3v) is 4.44. The number of carbonyl (C=O) groups excluding carboxylic acids is 1. The van der Waals surface area contributed by atoms with Crippen molar-refractivity contribution in [2.75, 3.05) is 5.32 Å². The van der Waals surface area contributed by atoms with E-state index in [1.165, 1.54) is 4.68 Å². The van der Waals surface area contributed by atoms with Crippen molar-refractivity contribution in [3.8, 4) is 0 Å². The predicted octanol–water partition coefficient (Wildman–Crippen LogP) is 3.98. The number of aromatic nitrogens is 2. The molecule has 29 heavy (non-hydrogen) atoms. The second kappa shape index (κ2) is 7.63. The lowest BCUT2D eigenvalue weighted by atomic mass is 10.1. The maximum absolute atomic E-state index is 13.9. The van der Waals surface area contributed by atoms with E-state index in [4.69, 9.17) is 0 Å². The molecule has 144 valence electrons. The van der Waals surface area contributed by atoms with Crippen LogP contribution in [0.2, 0.25) is 0 Å². The van der Waals surface area contributed by atoms with Gasteiger partial charge in [-0.15, -0.1) is 0 Å². The van der Waals surface area contributed by atoms with E-state index in [-0.39, 0.29) is 23.5 Å². The standard InChI is InChI=1S/C22H15F2N3O2/c23-15-10-11-19(18(24)12-15)25-21(28)20-16-8-4-5-9-17(16)22(29)27(26-20)13-14-6-2-1-3-7-14/h1-12H,13H2,(H,25,28). The van der Waals surface area contributed by atoms with Gasteiger partial charge in [-0.2, -0.15) is 5.10 Å². The van der Waals surface area contributed by atoms with Gasteiger partial charge in [-0.05, 0) is 23.8 Å². The van der Waals surface area contributed by atoms with Crippen LogP contribution in [0.25, 0.3) is 10.8 Å². The van der Waals surface area contributed by atoms with E-state index in [9.17, 15) is 18.4 Å². The minimum absolute atomic E-state index is 0.0279. The van der Waals surface area contributed by atoms with Crippen molar-refractivity contribution in [3.63, 3.8) is 0 Å². The fourth-order valence-electron chi connectivity index (χ4n) is 3.04. The van der Waals surface area contributed by atoms with Crippen LogP contribution in [0.15, 0.2) is 77.6 Å². The molecule has 1 aromatic heterocycles. The first-order chi connectivity index (χ1) is 14.0. The monoisotopic (exact) mass is 391 g/mol. The van der Waals surface area contributed by atoms with Crippen molar-refractivity contribution in [1.29, 1.82) is 0 Å². The minimum Gasteiger partial charge on any atom is -0.318 e. The highest BCUT2D eigenvalue weighted by molar-refractivity contribution is 6.11. The lowest BCUT2D eigenvalue weighted by Gasteiger charge is -2.12. The quantitative estimate of drug-likeness (QED) is 0.572. The first-order valence-corrected chi connectivity index (χ1v) is 8.83. The molecule has 0 fully saturated rings. The number of nitrogens with one attached hydrogen (secondary N) is 1. The number of anilines is 1. The third kappa shape index (κ3) is 3.75. The Morgan fingerprint density at radius 1 is 0.931 bits per heavy atom. The van der Waals surface area contributed by atoms with Gasteiger partial charge in [0.1, 0.15) is 11.6 Å². The number of rotatable bonds is 4. The van der Waals surface area contributed by atoms with E-state index in [2.05, 4.69) is 10.4 Å². The summed E-state index contributed by atoms with van der Waals surface area (Å²) in [5.41, 5.74) is 0.297. The van der Waals surface area contributed by atoms with E-state index < -0.39 is 17.5 Å². The van der Waals surface area contributed by atoms with Gasteiger partial charge < -0.3 is 5.32 Å². The van der Waals surface area contributed by atoms with Gasteiger partial charge in [0.25, 0.3) is 11.5 Å². The summed E-state index contributed by atoms with van der Waals surface area (Å²) in [6.07, 6.45) is 0. The number of halogens is 2. The minimum atomic E-state index is -0.903. The van der Waals surface area contributed by atoms with Crippen molar-refractivity contribution < 1.29 is 13.6 Å². The Kier molecular flexibility index (Phi) is 4.87. The Balaban J connectivity index is 1.79. The molecule has 0 aliphatic rings. The number of hydrogen-bond donors (Lipinski definition) is 1. The maximum Gasteiger partial charge on any atom is 0.276 e. The second-order valence-corrected chi connectivity index (χ2v) is 6.42. The van der Waals surface area contributed by atoms with E-state index in [1.807, 2.05) is 30.3 Å². The second-order valence-electron chi connectivity index (χ2n) is 6.42. The Bertz CT molecular complexity index is 1270. The molecule has 0 unspecified atom stereocenters. The Morgan fingerprint density at radius 3 is 2.34 bits per heavy atom. The Labute approximate surface area is 164 Å². The summed E-state index contributed by atoms with van der Waals surface area (Å²) in [5, 5.41) is 7.30. The number of hydrogen-bond acceptors (Lipinski definition) is 3. The molecule has 0 aliphatic carbocycles. The molecule has 0 aliphatic heterocycles. The topological polar surface area (TPSA) is 64.0 Å². The first kappa shape index (κ1) is 18.5. The van der Waals surface area contributed by atoms with Crippen LogP contribution in [0.3, 0.4) is 0 Å². The van der Waals surface area contributed by atoms with Gasteiger partial charge in [0.15, 0.2) is 5.69 Å². The lowest BCUT2D eigenvalue weighted by Crippen LogP contribution is -2.28. The summed E-state index contributed by atoms with van der Waals surface area (Å²) in [6.45, 7) is 0.176. The fraction of sp³-hybridized carbons (Fsp3) is 0.0455. The number of amides is 1. The van der Waals surface area contributed by atoms with Gasteiger partial charge in [-0.1, -0.05) is 48.5 Å². The van der Waals surface area contributed by atoms with Gasteiger partial charge in [0.05, 0.1) is 17.6 Å². The maximum atomic E-state index is 13.9. The number of nitrogens with zero attached hydrogens (tertiary/aromatic N) is 2. The molecular formula is C22H15F2N3O2. The highest BCUT2D eigenvalue weighted by Gasteiger charge is 2.18. The molecule has 3 aromatic carbocycles. The van der Waals surface area contributed by atoms with Crippen LogP contribution in [0.5, 0.6) is 0 Å². The molecule has 0 saturated heterocycles. The van der Waals surface area contributed by atoms with Gasteiger partial charge in [-0.25, -0.2) is 13.5 Å². The summed E-state index contributed by atoms with van der Waals surface area (Å²) in [7, 11) is 0. The van der Waals surface area contributed by atoms with Crippen molar-refractivity contribution in [1.82, 2.24) is 9.78 Å². The average Bonchev–Trinajstić information content (AvgIpc) is 2.73. The molecule has 1 heterocycles. The molecular weight excluding hydrogens is 376 g/mol. The Morgan fingerprint density at radius 2 is 1.62 bits per heavy atom. The smallest absolute Gasteiger partial charge is 0.276 e. The van der Waals surface area contributed by atoms with Gasteiger partial charge in [0, 0.05) is 11.5 Å². The van der Waals surface area contributed by atoms with E-state index in [0.29, 0.717) is 16.8 Å². The summed E-state index contributed by atoms with van der Waals surface area (Å²) < 4.78 is 28.3. The molecule has 5 nitrogen and oxygen atoms in total. The summed E-state index contributed by atoms with van der Waals surface area (Å²) >= 11 is 0.